The predicted molar refractivity (Wildman–Crippen MR) is 136 cm³/mol. The molecule has 0 amide bonds. The molecule has 0 unspecified atom stereocenters. The van der Waals surface area contributed by atoms with Crippen molar-refractivity contribution in [1.29, 1.82) is 0 Å². The van der Waals surface area contributed by atoms with E-state index in [0.717, 1.165) is 28.0 Å². The number of rotatable bonds is 7. The van der Waals surface area contributed by atoms with Gasteiger partial charge in [-0.05, 0) is 0 Å². The van der Waals surface area contributed by atoms with E-state index >= 15 is 0 Å². The van der Waals surface area contributed by atoms with E-state index in [1.165, 1.54) is 12.1 Å². The zero-order chi connectivity index (χ0) is 24.3. The molecule has 4 rings (SSSR count). The van der Waals surface area contributed by atoms with Gasteiger partial charge in [-0.3, -0.25) is 0 Å². The Bertz CT molecular complexity index is 1160. The second-order valence-corrected chi connectivity index (χ2v) is 16.8. The van der Waals surface area contributed by atoms with Crippen molar-refractivity contribution in [2.24, 2.45) is 0 Å². The van der Waals surface area contributed by atoms with Gasteiger partial charge in [0.2, 0.25) is 0 Å². The van der Waals surface area contributed by atoms with Gasteiger partial charge < -0.3 is 0 Å². The van der Waals surface area contributed by atoms with Crippen molar-refractivity contribution in [2.75, 3.05) is 6.16 Å². The molecule has 174 valence electrons. The molecule has 4 aromatic rings. The van der Waals surface area contributed by atoms with E-state index in [-0.39, 0.29) is 17.7 Å². The van der Waals surface area contributed by atoms with Crippen molar-refractivity contribution in [2.45, 2.75) is 6.36 Å². The predicted octanol–water partition coefficient (Wildman–Crippen LogP) is 6.61. The molecule has 0 aliphatic heterocycles. The average Bonchev–Trinajstić information content (AvgIpc) is 2.85. The number of benzene rings is 4. The number of Topliss-reactive ketones (excluding diaryl/α,β-unsaturated/α-hetero) is 1. The number of alkyl halides is 3. The van der Waals surface area contributed by atoms with E-state index in [9.17, 15) is 18.0 Å². The zero-order valence-electron chi connectivity index (χ0n) is 18.0. The minimum absolute atomic E-state index is 0.114. The fourth-order valence-corrected chi connectivity index (χ4v) is 11.5. The summed E-state index contributed by atoms with van der Waals surface area (Å²) in [6.45, 7) is 0. The first-order valence-electron chi connectivity index (χ1n) is 10.5. The molecule has 0 aliphatic rings. The Balaban J connectivity index is 1.87. The fraction of sp³-hybridized carbons (Fsp3) is 0.0741. The Morgan fingerprint density at radius 1 is 0.676 bits per heavy atom. The second kappa shape index (κ2) is 9.36. The average molecular weight is 545 g/mol. The van der Waals surface area contributed by atoms with Gasteiger partial charge >= 0.3 is 204 Å². The summed E-state index contributed by atoms with van der Waals surface area (Å²) in [6.07, 6.45) is -4.68. The number of halogens is 4. The van der Waals surface area contributed by atoms with Gasteiger partial charge in [-0.25, -0.2) is 0 Å². The van der Waals surface area contributed by atoms with Gasteiger partial charge in [-0.1, -0.05) is 0 Å². The fourth-order valence-electron chi connectivity index (χ4n) is 4.14. The van der Waals surface area contributed by atoms with E-state index in [1.807, 2.05) is 91.0 Å². The van der Waals surface area contributed by atoms with Crippen LogP contribution in [-0.2, 0) is 0 Å². The van der Waals surface area contributed by atoms with Gasteiger partial charge in [0.05, 0.1) is 0 Å². The third-order valence-electron chi connectivity index (χ3n) is 5.73. The molecule has 0 spiro atoms. The topological polar surface area (TPSA) is 26.3 Å². The number of carbonyl (C=O) groups is 1. The first-order chi connectivity index (χ1) is 16.2. The molecule has 0 radical (unpaired) electrons. The molecule has 0 saturated carbocycles. The zero-order valence-corrected chi connectivity index (χ0v) is 20.4. The third-order valence-corrected chi connectivity index (χ3v) is 15.2. The van der Waals surface area contributed by atoms with E-state index in [4.69, 9.17) is 0 Å². The van der Waals surface area contributed by atoms with E-state index < -0.39 is 11.7 Å². The number of hydrogen-bond acceptors (Lipinski definition) is 2. The Morgan fingerprint density at radius 2 is 1.06 bits per heavy atom. The SMILES string of the molecule is O=C(CP(Br)(c1ccccc1)(c1ccccc1)c1ccccc1)c1ccc(OC(F)(F)F)cc1. The summed E-state index contributed by atoms with van der Waals surface area (Å²) in [6, 6.07) is 34.6. The molecule has 0 saturated heterocycles. The Labute approximate surface area is 204 Å². The Hall–Kier alpha value is -2.95. The van der Waals surface area contributed by atoms with Crippen LogP contribution >= 0.6 is 20.8 Å². The van der Waals surface area contributed by atoms with Crippen molar-refractivity contribution in [3.05, 3.63) is 121 Å². The van der Waals surface area contributed by atoms with E-state index in [0.29, 0.717) is 5.56 Å². The number of carbonyl (C=O) groups excluding carboxylic acids is 1. The van der Waals surface area contributed by atoms with Crippen LogP contribution in [0.2, 0.25) is 0 Å². The first-order valence-corrected chi connectivity index (χ1v) is 14.9. The standard InChI is InChI=1S/C27H21BrF3O2P/c28-34(23-10-4-1-5-11-23,24-12-6-2-7-13-24,25-14-8-3-9-15-25)20-26(32)21-16-18-22(19-17-21)33-27(29,30)31/h1-19H,20H2. The number of ether oxygens (including phenoxy) is 1. The van der Waals surface area contributed by atoms with Crippen LogP contribution in [0.25, 0.3) is 0 Å². The third kappa shape index (κ3) is 4.66. The quantitative estimate of drug-likeness (QED) is 0.193. The monoisotopic (exact) mass is 544 g/mol. The Morgan fingerprint density at radius 3 is 1.41 bits per heavy atom. The van der Waals surface area contributed by atoms with Gasteiger partial charge in [-0.2, -0.15) is 0 Å². The van der Waals surface area contributed by atoms with Crippen LogP contribution in [0.1, 0.15) is 10.4 Å². The summed E-state index contributed by atoms with van der Waals surface area (Å²) in [4.78, 5) is 13.7. The molecule has 0 atom stereocenters. The molecule has 0 N–H and O–H groups in total. The normalized spacial score (nSPS) is 13.0. The van der Waals surface area contributed by atoms with Gasteiger partial charge in [-0.15, -0.1) is 0 Å². The van der Waals surface area contributed by atoms with Gasteiger partial charge in [0.1, 0.15) is 0 Å². The summed E-state index contributed by atoms with van der Waals surface area (Å²) >= 11 is 4.21. The van der Waals surface area contributed by atoms with Crippen molar-refractivity contribution in [3.63, 3.8) is 0 Å². The number of hydrogen-bond donors (Lipinski definition) is 0. The van der Waals surface area contributed by atoms with Crippen LogP contribution in [0.4, 0.5) is 13.2 Å². The number of ketones is 1. The first kappa shape index (κ1) is 24.2. The van der Waals surface area contributed by atoms with Crippen LogP contribution in [0.15, 0.2) is 115 Å². The van der Waals surface area contributed by atoms with E-state index in [1.54, 1.807) is 0 Å². The minimum atomic E-state index is -4.79. The molecule has 4 aromatic carbocycles. The molecule has 0 bridgehead atoms. The molecule has 34 heavy (non-hydrogen) atoms. The van der Waals surface area contributed by atoms with Crippen molar-refractivity contribution < 1.29 is 22.7 Å². The molecule has 7 heteroatoms. The van der Waals surface area contributed by atoms with Crippen molar-refractivity contribution in [1.82, 2.24) is 0 Å². The molecule has 0 aliphatic carbocycles. The molecule has 2 nitrogen and oxygen atoms in total. The maximum absolute atomic E-state index is 13.7. The van der Waals surface area contributed by atoms with Crippen LogP contribution in [0.3, 0.4) is 0 Å². The summed E-state index contributed by atoms with van der Waals surface area (Å²) in [7, 11) is 0. The summed E-state index contributed by atoms with van der Waals surface area (Å²) in [5.41, 5.74) is 0.311. The maximum atomic E-state index is 13.7. The molecule has 0 fully saturated rings. The van der Waals surface area contributed by atoms with Gasteiger partial charge in [0.15, 0.2) is 0 Å². The van der Waals surface area contributed by atoms with Crippen LogP contribution in [0, 0.1) is 0 Å². The molecule has 0 aromatic heterocycles. The summed E-state index contributed by atoms with van der Waals surface area (Å²) in [5, 5.41) is -0.541. The summed E-state index contributed by atoms with van der Waals surface area (Å²) in [5.74, 6) is -0.556. The van der Waals surface area contributed by atoms with Crippen molar-refractivity contribution >= 4 is 42.5 Å². The molecule has 0 heterocycles. The molecular formula is C27H21BrF3O2P. The van der Waals surface area contributed by atoms with E-state index in [2.05, 4.69) is 20.2 Å². The Kier molecular flexibility index (Phi) is 6.66. The van der Waals surface area contributed by atoms with Crippen molar-refractivity contribution in [3.8, 4) is 5.75 Å². The van der Waals surface area contributed by atoms with Crippen LogP contribution in [-0.4, -0.2) is 18.3 Å². The van der Waals surface area contributed by atoms with Crippen LogP contribution < -0.4 is 20.7 Å². The molecular weight excluding hydrogens is 524 g/mol. The summed E-state index contributed by atoms with van der Waals surface area (Å²) < 4.78 is 41.6. The van der Waals surface area contributed by atoms with Gasteiger partial charge in [0, 0.05) is 0 Å². The van der Waals surface area contributed by atoms with Crippen LogP contribution in [0.5, 0.6) is 5.75 Å². The second-order valence-electron chi connectivity index (χ2n) is 7.84. The van der Waals surface area contributed by atoms with Gasteiger partial charge in [0.25, 0.3) is 0 Å².